The number of sulfonamides is 1. The van der Waals surface area contributed by atoms with Gasteiger partial charge in [0.15, 0.2) is 0 Å². The van der Waals surface area contributed by atoms with Gasteiger partial charge in [-0.05, 0) is 24.6 Å². The first-order valence-corrected chi connectivity index (χ1v) is 10.1. The summed E-state index contributed by atoms with van der Waals surface area (Å²) in [6.45, 7) is 1.11. The van der Waals surface area contributed by atoms with E-state index in [1.807, 2.05) is 0 Å². The maximum absolute atomic E-state index is 12.7. The summed E-state index contributed by atoms with van der Waals surface area (Å²) in [5.41, 5.74) is 0.742. The summed E-state index contributed by atoms with van der Waals surface area (Å²) < 4.78 is 24.0. The van der Waals surface area contributed by atoms with E-state index in [1.54, 1.807) is 31.2 Å². The Labute approximate surface area is 158 Å². The van der Waals surface area contributed by atoms with Gasteiger partial charge in [-0.2, -0.15) is 4.31 Å². The summed E-state index contributed by atoms with van der Waals surface area (Å²) in [4.78, 5) is 26.2. The van der Waals surface area contributed by atoms with Gasteiger partial charge in [-0.15, -0.1) is 0 Å². The minimum atomic E-state index is -3.54. The lowest BCUT2D eigenvalue weighted by Crippen LogP contribution is -2.50. The van der Waals surface area contributed by atoms with Crippen LogP contribution in [0, 0.1) is 0 Å². The summed E-state index contributed by atoms with van der Waals surface area (Å²) in [6.07, 6.45) is 1.00. The van der Waals surface area contributed by atoms with Gasteiger partial charge in [-0.1, -0.05) is 23.7 Å². The van der Waals surface area contributed by atoms with E-state index < -0.39 is 27.9 Å². The van der Waals surface area contributed by atoms with Crippen LogP contribution in [0.25, 0.3) is 0 Å². The Kier molecular flexibility index (Phi) is 8.48. The number of rotatable bonds is 9. The van der Waals surface area contributed by atoms with E-state index in [2.05, 4.69) is 5.32 Å². The van der Waals surface area contributed by atoms with E-state index in [4.69, 9.17) is 16.7 Å². The zero-order chi connectivity index (χ0) is 19.9. The van der Waals surface area contributed by atoms with Crippen LogP contribution in [0.3, 0.4) is 0 Å². The monoisotopic (exact) mass is 405 g/mol. The third-order valence-electron chi connectivity index (χ3n) is 3.77. The second-order valence-corrected chi connectivity index (χ2v) is 8.38. The maximum Gasteiger partial charge on any atom is 0.242 e. The molecule has 1 aromatic rings. The molecule has 10 heteroatoms. The first-order valence-electron chi connectivity index (χ1n) is 7.90. The summed E-state index contributed by atoms with van der Waals surface area (Å²) in [5, 5.41) is 11.9. The molecule has 0 spiro atoms. The second kappa shape index (κ2) is 9.86. The molecule has 0 heterocycles. The average Bonchev–Trinajstić information content (AvgIpc) is 2.57. The highest BCUT2D eigenvalue weighted by atomic mass is 35.5. The number of aliphatic hydroxyl groups excluding tert-OH is 1. The van der Waals surface area contributed by atoms with E-state index in [0.29, 0.717) is 5.02 Å². The zero-order valence-corrected chi connectivity index (χ0v) is 16.5. The summed E-state index contributed by atoms with van der Waals surface area (Å²) >= 11 is 5.86. The molecule has 2 N–H and O–H groups in total. The highest BCUT2D eigenvalue weighted by molar-refractivity contribution is 7.88. The van der Waals surface area contributed by atoms with Gasteiger partial charge in [0.2, 0.25) is 21.8 Å². The third kappa shape index (κ3) is 6.91. The average molecular weight is 406 g/mol. The number of carbonyl (C=O) groups excluding carboxylic acids is 2. The molecule has 0 radical (unpaired) electrons. The van der Waals surface area contributed by atoms with Gasteiger partial charge in [0.05, 0.1) is 19.4 Å². The molecule has 2 amide bonds. The highest BCUT2D eigenvalue weighted by Crippen LogP contribution is 2.14. The molecule has 0 aliphatic heterocycles. The van der Waals surface area contributed by atoms with Gasteiger partial charge in [-0.25, -0.2) is 8.42 Å². The fourth-order valence-electron chi connectivity index (χ4n) is 2.09. The van der Waals surface area contributed by atoms with Gasteiger partial charge in [-0.3, -0.25) is 9.59 Å². The van der Waals surface area contributed by atoms with Crippen molar-refractivity contribution in [3.63, 3.8) is 0 Å². The highest BCUT2D eigenvalue weighted by Gasteiger charge is 2.28. The molecule has 1 atom stereocenters. The number of nitrogens with zero attached hydrogens (tertiary/aromatic N) is 2. The lowest BCUT2D eigenvalue weighted by molar-refractivity contribution is -0.140. The molecule has 1 rings (SSSR count). The van der Waals surface area contributed by atoms with E-state index in [-0.39, 0.29) is 26.2 Å². The smallest absolute Gasteiger partial charge is 0.242 e. The van der Waals surface area contributed by atoms with Crippen molar-refractivity contribution in [1.82, 2.24) is 14.5 Å². The summed E-state index contributed by atoms with van der Waals surface area (Å²) in [6, 6.07) is 5.93. The molecule has 1 aromatic carbocycles. The largest absolute Gasteiger partial charge is 0.395 e. The van der Waals surface area contributed by atoms with E-state index in [0.717, 1.165) is 16.1 Å². The molecule has 0 aliphatic carbocycles. The van der Waals surface area contributed by atoms with E-state index >= 15 is 0 Å². The first kappa shape index (κ1) is 22.4. The van der Waals surface area contributed by atoms with Crippen molar-refractivity contribution in [2.24, 2.45) is 0 Å². The lowest BCUT2D eigenvalue weighted by Gasteiger charge is -2.30. The number of hydrogen-bond acceptors (Lipinski definition) is 5. The van der Waals surface area contributed by atoms with Gasteiger partial charge in [0.25, 0.3) is 0 Å². The lowest BCUT2D eigenvalue weighted by atomic mass is 10.1. The number of aliphatic hydroxyl groups is 1. The Morgan fingerprint density at radius 3 is 2.35 bits per heavy atom. The van der Waals surface area contributed by atoms with Gasteiger partial charge in [0, 0.05) is 25.2 Å². The van der Waals surface area contributed by atoms with Gasteiger partial charge >= 0.3 is 0 Å². The van der Waals surface area contributed by atoms with Crippen LogP contribution in [-0.2, 0) is 26.2 Å². The Morgan fingerprint density at radius 1 is 1.27 bits per heavy atom. The minimum Gasteiger partial charge on any atom is -0.395 e. The molecule has 0 saturated heterocycles. The Morgan fingerprint density at radius 2 is 1.85 bits per heavy atom. The minimum absolute atomic E-state index is 0.0649. The molecule has 0 fully saturated rings. The predicted molar refractivity (Wildman–Crippen MR) is 99.0 cm³/mol. The van der Waals surface area contributed by atoms with Crippen LogP contribution in [-0.4, -0.2) is 73.6 Å². The number of carbonyl (C=O) groups is 2. The van der Waals surface area contributed by atoms with Gasteiger partial charge < -0.3 is 15.3 Å². The van der Waals surface area contributed by atoms with E-state index in [1.165, 1.54) is 11.9 Å². The topological polar surface area (TPSA) is 107 Å². The van der Waals surface area contributed by atoms with Crippen LogP contribution < -0.4 is 5.32 Å². The normalized spacial score (nSPS) is 12.7. The molecular formula is C16H24ClN3O5S. The third-order valence-corrected chi connectivity index (χ3v) is 5.28. The first-order chi connectivity index (χ1) is 12.1. The number of hydrogen-bond donors (Lipinski definition) is 2. The fraction of sp³-hybridized carbons (Fsp3) is 0.500. The maximum atomic E-state index is 12.7. The number of nitrogens with one attached hydrogen (secondary N) is 1. The Hall–Kier alpha value is -1.68. The predicted octanol–water partition coefficient (Wildman–Crippen LogP) is 0.0570. The van der Waals surface area contributed by atoms with Crippen molar-refractivity contribution in [1.29, 1.82) is 0 Å². The van der Waals surface area contributed by atoms with Crippen LogP contribution >= 0.6 is 11.6 Å². The molecule has 26 heavy (non-hydrogen) atoms. The Bertz CT molecular complexity index is 724. The van der Waals surface area contributed by atoms with E-state index in [9.17, 15) is 18.0 Å². The standard InChI is InChI=1S/C16H24ClN3O5S/c1-12(16(23)18-8-9-21)20(10-13-4-6-14(17)7-5-13)15(22)11-19(2)26(3,24)25/h4-7,12,21H,8-11H2,1-3H3,(H,18,23)/t12-/m1/s1. The van der Waals surface area contributed by atoms with Crippen molar-refractivity contribution >= 4 is 33.4 Å². The molecule has 146 valence electrons. The zero-order valence-electron chi connectivity index (χ0n) is 15.0. The van der Waals surface area contributed by atoms with Crippen LogP contribution in [0.4, 0.5) is 0 Å². The molecule has 0 bridgehead atoms. The summed E-state index contributed by atoms with van der Waals surface area (Å²) in [5.74, 6) is -0.956. The van der Waals surface area contributed by atoms with Crippen LogP contribution in [0.1, 0.15) is 12.5 Å². The fourth-order valence-corrected chi connectivity index (χ4v) is 2.57. The summed E-state index contributed by atoms with van der Waals surface area (Å²) in [7, 11) is -2.24. The van der Waals surface area contributed by atoms with Crippen LogP contribution in [0.5, 0.6) is 0 Å². The Balaban J connectivity index is 3.01. The second-order valence-electron chi connectivity index (χ2n) is 5.86. The number of likely N-dealkylation sites (N-methyl/N-ethyl adjacent to an activating group) is 1. The van der Waals surface area contributed by atoms with Crippen molar-refractivity contribution < 1.29 is 23.1 Å². The van der Waals surface area contributed by atoms with Crippen molar-refractivity contribution in [3.05, 3.63) is 34.9 Å². The van der Waals surface area contributed by atoms with Crippen LogP contribution in [0.2, 0.25) is 5.02 Å². The molecule has 0 aromatic heterocycles. The van der Waals surface area contributed by atoms with Crippen molar-refractivity contribution in [2.75, 3.05) is 33.0 Å². The molecule has 0 saturated carbocycles. The SMILES string of the molecule is C[C@H](C(=O)NCCO)N(Cc1ccc(Cl)cc1)C(=O)CN(C)S(C)(=O)=O. The molecule has 8 nitrogen and oxygen atoms in total. The quantitative estimate of drug-likeness (QED) is 0.604. The number of halogens is 1. The number of amides is 2. The molecule has 0 aliphatic rings. The van der Waals surface area contributed by atoms with Gasteiger partial charge in [0.1, 0.15) is 6.04 Å². The van der Waals surface area contributed by atoms with Crippen LogP contribution in [0.15, 0.2) is 24.3 Å². The van der Waals surface area contributed by atoms with Crippen molar-refractivity contribution in [2.45, 2.75) is 19.5 Å². The van der Waals surface area contributed by atoms with Crippen molar-refractivity contribution in [3.8, 4) is 0 Å². The number of benzene rings is 1. The molecule has 0 unspecified atom stereocenters. The molecular weight excluding hydrogens is 382 g/mol.